The van der Waals surface area contributed by atoms with Gasteiger partial charge < -0.3 is 15.8 Å². The molecular weight excluding hydrogens is 252 g/mol. The van der Waals surface area contributed by atoms with Crippen molar-refractivity contribution in [2.75, 3.05) is 19.0 Å². The lowest BCUT2D eigenvalue weighted by atomic mass is 9.85. The van der Waals surface area contributed by atoms with Crippen molar-refractivity contribution in [1.82, 2.24) is 0 Å². The van der Waals surface area contributed by atoms with E-state index >= 15 is 0 Å². The fraction of sp³-hybridized carbons (Fsp3) is 0.462. The number of methoxy groups -OCH3 is 1. The van der Waals surface area contributed by atoms with E-state index in [0.717, 1.165) is 16.8 Å². The van der Waals surface area contributed by atoms with Crippen LogP contribution in [-0.4, -0.2) is 19.6 Å². The second-order valence-electron chi connectivity index (χ2n) is 5.06. The summed E-state index contributed by atoms with van der Waals surface area (Å²) in [6, 6.07) is 3.29. The molecule has 0 bridgehead atoms. The maximum absolute atomic E-state index is 12.0. The molecule has 0 aliphatic carbocycles. The molecule has 1 aliphatic rings. The Morgan fingerprint density at radius 2 is 2.17 bits per heavy atom. The molecule has 0 saturated heterocycles. The smallest absolute Gasteiger partial charge is 0.234 e. The Kier molecular flexibility index (Phi) is 3.36. The summed E-state index contributed by atoms with van der Waals surface area (Å²) in [5, 5.41) is 3.47. The van der Waals surface area contributed by atoms with Gasteiger partial charge in [-0.1, -0.05) is 11.6 Å². The van der Waals surface area contributed by atoms with Gasteiger partial charge in [0.15, 0.2) is 0 Å². The number of benzene rings is 1. The Morgan fingerprint density at radius 1 is 1.50 bits per heavy atom. The molecule has 1 aliphatic heterocycles. The largest absolute Gasteiger partial charge is 0.383 e. The van der Waals surface area contributed by atoms with E-state index in [9.17, 15) is 4.79 Å². The van der Waals surface area contributed by atoms with Crippen LogP contribution in [-0.2, 0) is 14.9 Å². The molecule has 3 N–H and O–H groups in total. The summed E-state index contributed by atoms with van der Waals surface area (Å²) in [5.74, 6) is -0.0365. The minimum Gasteiger partial charge on any atom is -0.383 e. The first kappa shape index (κ1) is 13.3. The third-order valence-electron chi connectivity index (χ3n) is 3.36. The molecule has 2 rings (SSSR count). The van der Waals surface area contributed by atoms with E-state index < -0.39 is 5.41 Å². The maximum atomic E-state index is 12.0. The van der Waals surface area contributed by atoms with Gasteiger partial charge in [-0.3, -0.25) is 4.79 Å². The van der Waals surface area contributed by atoms with E-state index in [-0.39, 0.29) is 11.9 Å². The first-order valence-electron chi connectivity index (χ1n) is 5.77. The number of fused-ring (bicyclic) bond motifs is 1. The number of rotatable bonds is 3. The Morgan fingerprint density at radius 3 is 2.78 bits per heavy atom. The standard InChI is InChI=1S/C13H17ClN2O2/c1-13(2)9-5-7(14)4-8(10(15)6-18-3)11(9)16-12(13)17/h4-5,10H,6,15H2,1-3H3,(H,16,17). The molecular formula is C13H17ClN2O2. The van der Waals surface area contributed by atoms with E-state index in [2.05, 4.69) is 5.32 Å². The number of hydrogen-bond donors (Lipinski definition) is 2. The predicted octanol–water partition coefficient (Wildman–Crippen LogP) is 2.22. The van der Waals surface area contributed by atoms with Crippen molar-refractivity contribution in [1.29, 1.82) is 0 Å². The molecule has 1 amide bonds. The fourth-order valence-corrected chi connectivity index (χ4v) is 2.44. The lowest BCUT2D eigenvalue weighted by Gasteiger charge is -2.18. The number of nitrogens with two attached hydrogens (primary N) is 1. The first-order valence-corrected chi connectivity index (χ1v) is 6.15. The van der Waals surface area contributed by atoms with Gasteiger partial charge in [0, 0.05) is 17.8 Å². The van der Waals surface area contributed by atoms with Crippen molar-refractivity contribution in [2.45, 2.75) is 25.3 Å². The number of halogens is 1. The lowest BCUT2D eigenvalue weighted by molar-refractivity contribution is -0.119. The highest BCUT2D eigenvalue weighted by Gasteiger charge is 2.40. The number of hydrogen-bond acceptors (Lipinski definition) is 3. The van der Waals surface area contributed by atoms with Crippen molar-refractivity contribution < 1.29 is 9.53 Å². The van der Waals surface area contributed by atoms with Crippen LogP contribution in [0.1, 0.15) is 31.0 Å². The summed E-state index contributed by atoms with van der Waals surface area (Å²) < 4.78 is 5.06. The van der Waals surface area contributed by atoms with Crippen LogP contribution in [0, 0.1) is 0 Å². The van der Waals surface area contributed by atoms with Gasteiger partial charge in [0.2, 0.25) is 5.91 Å². The number of ether oxygens (including phenoxy) is 1. The summed E-state index contributed by atoms with van der Waals surface area (Å²) in [6.07, 6.45) is 0. The average Bonchev–Trinajstić information content (AvgIpc) is 2.51. The highest BCUT2D eigenvalue weighted by atomic mass is 35.5. The summed E-state index contributed by atoms with van der Waals surface area (Å²) in [4.78, 5) is 12.0. The van der Waals surface area contributed by atoms with Crippen LogP contribution in [0.3, 0.4) is 0 Å². The van der Waals surface area contributed by atoms with Gasteiger partial charge in [0.25, 0.3) is 0 Å². The van der Waals surface area contributed by atoms with Gasteiger partial charge in [0.1, 0.15) is 0 Å². The number of carbonyl (C=O) groups is 1. The molecule has 5 heteroatoms. The SMILES string of the molecule is COCC(N)c1cc(Cl)cc2c1NC(=O)C2(C)C. The molecule has 1 aromatic rings. The van der Waals surface area contributed by atoms with E-state index in [0.29, 0.717) is 11.6 Å². The Hall–Kier alpha value is -1.10. The zero-order valence-electron chi connectivity index (χ0n) is 10.7. The Bertz CT molecular complexity index is 500. The highest BCUT2D eigenvalue weighted by Crippen LogP contribution is 2.42. The van der Waals surface area contributed by atoms with Gasteiger partial charge >= 0.3 is 0 Å². The third kappa shape index (κ3) is 2.00. The predicted molar refractivity (Wildman–Crippen MR) is 71.9 cm³/mol. The van der Waals surface area contributed by atoms with Gasteiger partial charge in [-0.2, -0.15) is 0 Å². The maximum Gasteiger partial charge on any atom is 0.234 e. The highest BCUT2D eigenvalue weighted by molar-refractivity contribution is 6.31. The van der Waals surface area contributed by atoms with Crippen LogP contribution in [0.2, 0.25) is 5.02 Å². The van der Waals surface area contributed by atoms with E-state index in [1.807, 2.05) is 19.9 Å². The third-order valence-corrected chi connectivity index (χ3v) is 3.58. The van der Waals surface area contributed by atoms with Gasteiger partial charge in [-0.25, -0.2) is 0 Å². The quantitative estimate of drug-likeness (QED) is 0.883. The molecule has 1 aromatic carbocycles. The zero-order valence-corrected chi connectivity index (χ0v) is 11.5. The van der Waals surface area contributed by atoms with Crippen molar-refractivity contribution in [2.24, 2.45) is 5.73 Å². The second kappa shape index (κ2) is 4.53. The molecule has 98 valence electrons. The van der Waals surface area contributed by atoms with Crippen LogP contribution in [0.25, 0.3) is 0 Å². The molecule has 0 aromatic heterocycles. The lowest BCUT2D eigenvalue weighted by Crippen LogP contribution is -2.26. The van der Waals surface area contributed by atoms with Crippen LogP contribution in [0.15, 0.2) is 12.1 Å². The molecule has 4 nitrogen and oxygen atoms in total. The molecule has 0 spiro atoms. The summed E-state index contributed by atoms with van der Waals surface area (Å²) in [5.41, 5.74) is 7.95. The molecule has 0 fully saturated rings. The molecule has 1 unspecified atom stereocenters. The second-order valence-corrected chi connectivity index (χ2v) is 5.49. The van der Waals surface area contributed by atoms with Crippen molar-refractivity contribution >= 4 is 23.2 Å². The van der Waals surface area contributed by atoms with Crippen molar-refractivity contribution in [3.05, 3.63) is 28.3 Å². The Balaban J connectivity index is 2.56. The average molecular weight is 269 g/mol. The van der Waals surface area contributed by atoms with Crippen LogP contribution >= 0.6 is 11.6 Å². The van der Waals surface area contributed by atoms with E-state index in [1.165, 1.54) is 0 Å². The van der Waals surface area contributed by atoms with E-state index in [4.69, 9.17) is 22.1 Å². The minimum absolute atomic E-state index is 0.0365. The number of anilines is 1. The van der Waals surface area contributed by atoms with Gasteiger partial charge in [-0.15, -0.1) is 0 Å². The minimum atomic E-state index is -0.582. The zero-order chi connectivity index (χ0) is 13.5. The normalized spacial score (nSPS) is 18.4. The molecule has 1 atom stereocenters. The number of amides is 1. The van der Waals surface area contributed by atoms with Crippen LogP contribution in [0.4, 0.5) is 5.69 Å². The summed E-state index contributed by atoms with van der Waals surface area (Å²) >= 11 is 6.11. The summed E-state index contributed by atoms with van der Waals surface area (Å²) in [6.45, 7) is 4.12. The molecule has 0 saturated carbocycles. The summed E-state index contributed by atoms with van der Waals surface area (Å²) in [7, 11) is 1.59. The van der Waals surface area contributed by atoms with Gasteiger partial charge in [-0.05, 0) is 37.1 Å². The molecule has 1 heterocycles. The molecule has 0 radical (unpaired) electrons. The van der Waals surface area contributed by atoms with Crippen molar-refractivity contribution in [3.8, 4) is 0 Å². The number of carbonyl (C=O) groups excluding carboxylic acids is 1. The fourth-order valence-electron chi connectivity index (χ4n) is 2.21. The first-order chi connectivity index (χ1) is 8.37. The topological polar surface area (TPSA) is 64.3 Å². The number of nitrogens with one attached hydrogen (secondary N) is 1. The van der Waals surface area contributed by atoms with Gasteiger partial charge in [0.05, 0.1) is 18.1 Å². The van der Waals surface area contributed by atoms with Crippen LogP contribution < -0.4 is 11.1 Å². The van der Waals surface area contributed by atoms with Crippen LogP contribution in [0.5, 0.6) is 0 Å². The Labute approximate surface area is 111 Å². The molecule has 18 heavy (non-hydrogen) atoms. The monoisotopic (exact) mass is 268 g/mol. The van der Waals surface area contributed by atoms with Crippen molar-refractivity contribution in [3.63, 3.8) is 0 Å². The van der Waals surface area contributed by atoms with E-state index in [1.54, 1.807) is 13.2 Å².